The Balaban J connectivity index is 3.93. The van der Waals surface area contributed by atoms with Crippen molar-refractivity contribution in [3.63, 3.8) is 0 Å². The highest BCUT2D eigenvalue weighted by molar-refractivity contribution is 5.71. The van der Waals surface area contributed by atoms with E-state index in [0.29, 0.717) is 17.4 Å². The molecule has 536 valence electrons. The number of carboxylic acid groups (broad SMARTS) is 1. The largest absolute Gasteiger partial charge is 0.477 e. The summed E-state index contributed by atoms with van der Waals surface area (Å²) in [5.41, 5.74) is 0. The lowest BCUT2D eigenvalue weighted by Gasteiger charge is -2.25. The summed E-state index contributed by atoms with van der Waals surface area (Å²) in [6, 6.07) is 0. The molecule has 0 aliphatic rings. The molecule has 1 N–H and O–H groups in total. The minimum Gasteiger partial charge on any atom is -0.477 e. The summed E-state index contributed by atoms with van der Waals surface area (Å²) >= 11 is 0. The van der Waals surface area contributed by atoms with E-state index in [2.05, 4.69) is 13.8 Å². The first-order valence-electron chi connectivity index (χ1n) is 40.7. The van der Waals surface area contributed by atoms with Crippen LogP contribution in [0.2, 0.25) is 0 Å². The summed E-state index contributed by atoms with van der Waals surface area (Å²) in [6.45, 7) is 4.99. The van der Waals surface area contributed by atoms with Gasteiger partial charge in [-0.05, 0) is 12.8 Å². The first-order valence-corrected chi connectivity index (χ1v) is 40.7. The zero-order chi connectivity index (χ0) is 65.4. The van der Waals surface area contributed by atoms with E-state index >= 15 is 0 Å². The van der Waals surface area contributed by atoms with Gasteiger partial charge in [0.2, 0.25) is 0 Å². The van der Waals surface area contributed by atoms with Crippen molar-refractivity contribution in [2.45, 2.75) is 456 Å². The van der Waals surface area contributed by atoms with Crippen LogP contribution in [0, 0.1) is 0 Å². The Morgan fingerprint density at radius 2 is 0.500 bits per heavy atom. The summed E-state index contributed by atoms with van der Waals surface area (Å²) < 4.78 is 23.1. The topological polar surface area (TPSA) is 108 Å². The number of esters is 2. The quantitative estimate of drug-likeness (QED) is 0.0278. The third-order valence-corrected chi connectivity index (χ3v) is 19.1. The van der Waals surface area contributed by atoms with Crippen LogP contribution in [0.1, 0.15) is 444 Å². The number of hydrogen-bond acceptors (Lipinski definition) is 7. The Bertz CT molecular complexity index is 1440. The van der Waals surface area contributed by atoms with Crippen LogP contribution in [0.4, 0.5) is 0 Å². The second-order valence-electron chi connectivity index (χ2n) is 29.5. The number of unbranched alkanes of at least 4 members (excludes halogenated alkanes) is 63. The Labute approximate surface area is 562 Å². The van der Waals surface area contributed by atoms with Gasteiger partial charge in [-0.2, -0.15) is 0 Å². The Hall–Kier alpha value is -1.71. The van der Waals surface area contributed by atoms with Crippen LogP contribution < -0.4 is 0 Å². The lowest BCUT2D eigenvalue weighted by molar-refractivity contribution is -0.870. The van der Waals surface area contributed by atoms with Crippen molar-refractivity contribution in [1.29, 1.82) is 0 Å². The maximum absolute atomic E-state index is 13.0. The molecular weight excluding hydrogens is 1110 g/mol. The van der Waals surface area contributed by atoms with Crippen LogP contribution >= 0.6 is 0 Å². The van der Waals surface area contributed by atoms with Crippen molar-refractivity contribution >= 4 is 17.9 Å². The minimum absolute atomic E-state index is 0.172. The number of ether oxygens (including phenoxy) is 4. The number of carbonyl (C=O) groups is 3. The molecule has 0 aromatic rings. The molecular formula is C81H160NO8+. The molecule has 0 aliphatic carbocycles. The monoisotopic (exact) mass is 1280 g/mol. The van der Waals surface area contributed by atoms with Crippen molar-refractivity contribution in [2.24, 2.45) is 0 Å². The smallest absolute Gasteiger partial charge is 0.361 e. The first kappa shape index (κ1) is 88.3. The summed E-state index contributed by atoms with van der Waals surface area (Å²) in [5, 5.41) is 9.77. The van der Waals surface area contributed by atoms with Crippen LogP contribution in [-0.4, -0.2) is 87.4 Å². The number of carbonyl (C=O) groups excluding carboxylic acids is 2. The third-order valence-electron chi connectivity index (χ3n) is 19.1. The van der Waals surface area contributed by atoms with Gasteiger partial charge in [0.25, 0.3) is 6.29 Å². The molecule has 0 fully saturated rings. The highest BCUT2D eigenvalue weighted by atomic mass is 16.7. The maximum Gasteiger partial charge on any atom is 0.361 e. The average molecular weight is 1280 g/mol. The first-order chi connectivity index (χ1) is 44.1. The van der Waals surface area contributed by atoms with E-state index in [1.54, 1.807) is 0 Å². The van der Waals surface area contributed by atoms with Crippen LogP contribution in [0.3, 0.4) is 0 Å². The van der Waals surface area contributed by atoms with Gasteiger partial charge in [-0.3, -0.25) is 9.59 Å². The molecule has 0 aromatic heterocycles. The number of likely N-dealkylation sites (N-methyl/N-ethyl adjacent to an activating group) is 1. The second kappa shape index (κ2) is 73.1. The van der Waals surface area contributed by atoms with Crippen molar-refractivity contribution in [1.82, 2.24) is 0 Å². The molecule has 2 unspecified atom stereocenters. The van der Waals surface area contributed by atoms with Gasteiger partial charge in [0, 0.05) is 12.8 Å². The van der Waals surface area contributed by atoms with Gasteiger partial charge < -0.3 is 28.5 Å². The van der Waals surface area contributed by atoms with E-state index in [1.165, 1.54) is 379 Å². The molecule has 0 saturated carbocycles. The van der Waals surface area contributed by atoms with Gasteiger partial charge >= 0.3 is 17.9 Å². The molecule has 2 atom stereocenters. The molecule has 0 rings (SSSR count). The van der Waals surface area contributed by atoms with E-state index in [1.807, 2.05) is 21.1 Å². The van der Waals surface area contributed by atoms with E-state index < -0.39 is 18.4 Å². The fourth-order valence-electron chi connectivity index (χ4n) is 12.9. The summed E-state index contributed by atoms with van der Waals surface area (Å²) in [6.07, 6.45) is 87.1. The molecule has 0 aromatic carbocycles. The van der Waals surface area contributed by atoms with Crippen LogP contribution in [0.15, 0.2) is 0 Å². The molecule has 0 spiro atoms. The fraction of sp³-hybridized carbons (Fsp3) is 0.963. The molecule has 9 heteroatoms. The van der Waals surface area contributed by atoms with Crippen LogP contribution in [-0.2, 0) is 33.3 Å². The summed E-state index contributed by atoms with van der Waals surface area (Å²) in [4.78, 5) is 37.7. The number of nitrogens with zero attached hydrogens (tertiary/aromatic N) is 1. The van der Waals surface area contributed by atoms with Gasteiger partial charge in [-0.25, -0.2) is 4.79 Å². The van der Waals surface area contributed by atoms with Gasteiger partial charge in [-0.1, -0.05) is 418 Å². The predicted octanol–water partition coefficient (Wildman–Crippen LogP) is 25.8. The SMILES string of the molecule is CCCCCCCCCCCCCCCCCCCCCCCCCCCCCCCCCCCCCCCC(=O)OC(COC(=O)CCCCCCCCCCCCCCCCCCCCCCCCCCCCCC)COC(OCC[N+](C)(C)C)C(=O)O. The number of quaternary nitrogens is 1. The zero-order valence-electron chi connectivity index (χ0n) is 61.6. The molecule has 90 heavy (non-hydrogen) atoms. The van der Waals surface area contributed by atoms with Gasteiger partial charge in [0.05, 0.1) is 34.4 Å². The van der Waals surface area contributed by atoms with E-state index in [-0.39, 0.29) is 38.2 Å². The Kier molecular flexibility index (Phi) is 71.7. The highest BCUT2D eigenvalue weighted by Crippen LogP contribution is 2.21. The number of rotatable bonds is 78. The number of carboxylic acids is 1. The fourth-order valence-corrected chi connectivity index (χ4v) is 12.9. The molecule has 0 aliphatic heterocycles. The standard InChI is InChI=1S/C81H159NO8/c1-6-8-10-12-14-16-18-20-22-24-26-28-30-32-34-36-37-38-39-40-41-42-43-44-46-48-50-52-54-56-58-60-62-64-66-68-70-72-79(84)90-77(76-89-81(80(85)86)87-74-73-82(3,4)5)75-88-78(83)71-69-67-65-63-61-59-57-55-53-51-49-47-45-35-33-31-29-27-25-23-21-19-17-15-13-11-9-7-2/h77,81H,6-76H2,1-5H3/p+1. The molecule has 0 radical (unpaired) electrons. The maximum atomic E-state index is 13.0. The molecule has 0 heterocycles. The lowest BCUT2D eigenvalue weighted by Crippen LogP contribution is -2.40. The number of aliphatic carboxylic acids is 1. The normalized spacial score (nSPS) is 12.5. The van der Waals surface area contributed by atoms with E-state index in [4.69, 9.17) is 18.9 Å². The average Bonchev–Trinajstić information content (AvgIpc) is 3.74. The Morgan fingerprint density at radius 3 is 0.711 bits per heavy atom. The van der Waals surface area contributed by atoms with Crippen LogP contribution in [0.25, 0.3) is 0 Å². The van der Waals surface area contributed by atoms with Crippen molar-refractivity contribution in [3.05, 3.63) is 0 Å². The highest BCUT2D eigenvalue weighted by Gasteiger charge is 2.25. The second-order valence-corrected chi connectivity index (χ2v) is 29.5. The van der Waals surface area contributed by atoms with Gasteiger partial charge in [0.1, 0.15) is 13.2 Å². The summed E-state index contributed by atoms with van der Waals surface area (Å²) in [7, 11) is 6.00. The summed E-state index contributed by atoms with van der Waals surface area (Å²) in [5.74, 6) is -1.96. The van der Waals surface area contributed by atoms with Crippen molar-refractivity contribution in [3.8, 4) is 0 Å². The molecule has 0 saturated heterocycles. The van der Waals surface area contributed by atoms with E-state index in [9.17, 15) is 19.5 Å². The third kappa shape index (κ3) is 73.7. The number of hydrogen-bond donors (Lipinski definition) is 1. The van der Waals surface area contributed by atoms with Crippen molar-refractivity contribution < 1.29 is 42.9 Å². The van der Waals surface area contributed by atoms with Gasteiger partial charge in [-0.15, -0.1) is 0 Å². The van der Waals surface area contributed by atoms with E-state index in [0.717, 1.165) is 38.5 Å². The molecule has 9 nitrogen and oxygen atoms in total. The van der Waals surface area contributed by atoms with Crippen LogP contribution in [0.5, 0.6) is 0 Å². The minimum atomic E-state index is -1.51. The Morgan fingerprint density at radius 1 is 0.289 bits per heavy atom. The predicted molar refractivity (Wildman–Crippen MR) is 388 cm³/mol. The molecule has 0 bridgehead atoms. The lowest BCUT2D eigenvalue weighted by atomic mass is 10.0. The zero-order valence-corrected chi connectivity index (χ0v) is 61.6. The molecule has 0 amide bonds. The van der Waals surface area contributed by atoms with Gasteiger partial charge in [0.15, 0.2) is 6.10 Å². The van der Waals surface area contributed by atoms with Crippen molar-refractivity contribution in [2.75, 3.05) is 47.5 Å².